The molecular weight excluding hydrogens is 394 g/mol. The normalized spacial score (nSPS) is 11.1. The van der Waals surface area contributed by atoms with E-state index in [1.165, 1.54) is 10.1 Å². The van der Waals surface area contributed by atoms with E-state index in [2.05, 4.69) is 33.7 Å². The Balaban J connectivity index is 1.51. The minimum atomic E-state index is 0.0944. The van der Waals surface area contributed by atoms with Crippen LogP contribution in [0.2, 0.25) is 0 Å². The third-order valence-corrected chi connectivity index (χ3v) is 6.08. The van der Waals surface area contributed by atoms with Gasteiger partial charge in [0.05, 0.1) is 18.9 Å². The molecule has 0 aliphatic rings. The van der Waals surface area contributed by atoms with Gasteiger partial charge >= 0.3 is 0 Å². The van der Waals surface area contributed by atoms with Gasteiger partial charge < -0.3 is 9.84 Å². The zero-order chi connectivity index (χ0) is 20.5. The number of ether oxygens (including phenoxy) is 1. The van der Waals surface area contributed by atoms with Gasteiger partial charge in [-0.2, -0.15) is 9.61 Å². The summed E-state index contributed by atoms with van der Waals surface area (Å²) < 4.78 is 6.92. The summed E-state index contributed by atoms with van der Waals surface area (Å²) >= 11 is 1.64. The molecule has 148 valence electrons. The highest BCUT2D eigenvalue weighted by molar-refractivity contribution is 7.14. The van der Waals surface area contributed by atoms with Crippen LogP contribution in [0.4, 0.5) is 0 Å². The fraction of sp³-hybridized carbons (Fsp3) is 0.0833. The summed E-state index contributed by atoms with van der Waals surface area (Å²) in [5.41, 5.74) is 5.55. The van der Waals surface area contributed by atoms with E-state index < -0.39 is 0 Å². The quantitative estimate of drug-likeness (QED) is 0.417. The van der Waals surface area contributed by atoms with E-state index >= 15 is 0 Å². The summed E-state index contributed by atoms with van der Waals surface area (Å²) in [5, 5.41) is 17.4. The minimum absolute atomic E-state index is 0.0944. The summed E-state index contributed by atoms with van der Waals surface area (Å²) in [4.78, 5) is 5.68. The largest absolute Gasteiger partial charge is 0.496 e. The summed E-state index contributed by atoms with van der Waals surface area (Å²) in [5.74, 6) is 0.877. The molecule has 0 saturated heterocycles. The van der Waals surface area contributed by atoms with Gasteiger partial charge in [-0.3, -0.25) is 0 Å². The number of fused-ring (bicyclic) bond motifs is 1. The molecule has 2 aromatic carbocycles. The van der Waals surface area contributed by atoms with E-state index in [-0.39, 0.29) is 5.88 Å². The maximum absolute atomic E-state index is 10.8. The zero-order valence-corrected chi connectivity index (χ0v) is 17.1. The summed E-state index contributed by atoms with van der Waals surface area (Å²) in [7, 11) is 1.64. The lowest BCUT2D eigenvalue weighted by Crippen LogP contribution is -1.99. The number of rotatable bonds is 5. The van der Waals surface area contributed by atoms with Crippen LogP contribution < -0.4 is 4.74 Å². The van der Waals surface area contributed by atoms with E-state index in [9.17, 15) is 5.11 Å². The number of thiophene rings is 1. The number of hydrogen-bond acceptors (Lipinski definition) is 5. The van der Waals surface area contributed by atoms with Crippen molar-refractivity contribution < 1.29 is 9.84 Å². The predicted molar refractivity (Wildman–Crippen MR) is 119 cm³/mol. The lowest BCUT2D eigenvalue weighted by Gasteiger charge is -2.10. The van der Waals surface area contributed by atoms with Gasteiger partial charge in [0, 0.05) is 23.1 Å². The average Bonchev–Trinajstić information content (AvgIpc) is 3.44. The molecule has 3 aromatic heterocycles. The Kier molecular flexibility index (Phi) is 4.69. The molecule has 0 saturated carbocycles. The summed E-state index contributed by atoms with van der Waals surface area (Å²) in [6, 6.07) is 20.2. The molecule has 0 spiro atoms. The lowest BCUT2D eigenvalue weighted by atomic mass is 10.1. The predicted octanol–water partition coefficient (Wildman–Crippen LogP) is 5.43. The molecule has 0 radical (unpaired) electrons. The molecule has 0 atom stereocenters. The maximum Gasteiger partial charge on any atom is 0.219 e. The van der Waals surface area contributed by atoms with Crippen LogP contribution in [0.1, 0.15) is 11.1 Å². The van der Waals surface area contributed by atoms with Crippen molar-refractivity contribution in [3.63, 3.8) is 0 Å². The van der Waals surface area contributed by atoms with E-state index in [0.29, 0.717) is 17.6 Å². The monoisotopic (exact) mass is 413 g/mol. The molecule has 0 bridgehead atoms. The van der Waals surface area contributed by atoms with Gasteiger partial charge in [-0.1, -0.05) is 48.5 Å². The smallest absolute Gasteiger partial charge is 0.219 e. The van der Waals surface area contributed by atoms with Crippen molar-refractivity contribution in [2.24, 2.45) is 0 Å². The molecule has 5 aromatic rings. The Labute approximate surface area is 177 Å². The molecule has 0 amide bonds. The summed E-state index contributed by atoms with van der Waals surface area (Å²) in [6.45, 7) is 0. The standard InChI is InChI=1S/C24H19N3O2S/c1-29-21-10-6-5-9-17(21)11-18-13-25-23-20(14-26-27(23)24(18)28)22-12-19(15-30-22)16-7-3-2-4-8-16/h2-10,12-15,28H,11H2,1H3. The number of para-hydroxylation sites is 1. The van der Waals surface area contributed by atoms with Crippen molar-refractivity contribution in [3.05, 3.63) is 89.6 Å². The first kappa shape index (κ1) is 18.4. The van der Waals surface area contributed by atoms with Crippen LogP contribution in [0.5, 0.6) is 11.6 Å². The second-order valence-corrected chi connectivity index (χ2v) is 7.87. The number of aromatic hydroxyl groups is 1. The van der Waals surface area contributed by atoms with E-state index in [0.717, 1.165) is 27.3 Å². The van der Waals surface area contributed by atoms with Gasteiger partial charge in [-0.05, 0) is 34.2 Å². The average molecular weight is 414 g/mol. The topological polar surface area (TPSA) is 59.7 Å². The highest BCUT2D eigenvalue weighted by Gasteiger charge is 2.16. The number of nitrogens with zero attached hydrogens (tertiary/aromatic N) is 3. The molecule has 1 N–H and O–H groups in total. The third-order valence-electron chi connectivity index (χ3n) is 5.12. The SMILES string of the molecule is COc1ccccc1Cc1cnc2c(-c3cc(-c4ccccc4)cs3)cnn2c1O. The molecule has 6 heteroatoms. The maximum atomic E-state index is 10.8. The fourth-order valence-electron chi connectivity index (χ4n) is 3.57. The van der Waals surface area contributed by atoms with Gasteiger partial charge in [0.25, 0.3) is 0 Å². The van der Waals surface area contributed by atoms with Gasteiger partial charge in [-0.15, -0.1) is 11.3 Å². The minimum Gasteiger partial charge on any atom is -0.496 e. The van der Waals surface area contributed by atoms with Crippen LogP contribution in [0, 0.1) is 0 Å². The number of methoxy groups -OCH3 is 1. The van der Waals surface area contributed by atoms with Crippen molar-refractivity contribution in [2.45, 2.75) is 6.42 Å². The first-order valence-corrected chi connectivity index (χ1v) is 10.4. The zero-order valence-electron chi connectivity index (χ0n) is 16.3. The van der Waals surface area contributed by atoms with E-state index in [1.54, 1.807) is 30.8 Å². The van der Waals surface area contributed by atoms with Gasteiger partial charge in [0.1, 0.15) is 5.75 Å². The Hall–Kier alpha value is -3.64. The van der Waals surface area contributed by atoms with Crippen molar-refractivity contribution in [1.29, 1.82) is 0 Å². The third kappa shape index (κ3) is 3.21. The molecule has 0 aliphatic heterocycles. The van der Waals surface area contributed by atoms with Crippen LogP contribution in [0.15, 0.2) is 78.4 Å². The number of hydrogen-bond donors (Lipinski definition) is 1. The number of aromatic nitrogens is 3. The van der Waals surface area contributed by atoms with Crippen LogP contribution in [0.25, 0.3) is 27.2 Å². The first-order valence-electron chi connectivity index (χ1n) is 9.55. The molecule has 3 heterocycles. The molecule has 30 heavy (non-hydrogen) atoms. The molecule has 5 nitrogen and oxygen atoms in total. The molecule has 0 aliphatic carbocycles. The van der Waals surface area contributed by atoms with Crippen molar-refractivity contribution >= 4 is 17.0 Å². The highest BCUT2D eigenvalue weighted by Crippen LogP contribution is 2.35. The lowest BCUT2D eigenvalue weighted by molar-refractivity contribution is 0.409. The molecule has 0 fully saturated rings. The van der Waals surface area contributed by atoms with Crippen LogP contribution in [0.3, 0.4) is 0 Å². The van der Waals surface area contributed by atoms with Gasteiger partial charge in [0.2, 0.25) is 5.88 Å². The van der Waals surface area contributed by atoms with Gasteiger partial charge in [-0.25, -0.2) is 4.98 Å². The van der Waals surface area contributed by atoms with Gasteiger partial charge in [0.15, 0.2) is 5.65 Å². The van der Waals surface area contributed by atoms with Crippen LogP contribution >= 0.6 is 11.3 Å². The van der Waals surface area contributed by atoms with Crippen LogP contribution in [-0.4, -0.2) is 26.8 Å². The number of benzene rings is 2. The van der Waals surface area contributed by atoms with E-state index in [1.807, 2.05) is 42.5 Å². The second kappa shape index (κ2) is 7.65. The van der Waals surface area contributed by atoms with Crippen molar-refractivity contribution in [2.75, 3.05) is 7.11 Å². The second-order valence-electron chi connectivity index (χ2n) is 6.95. The molecule has 5 rings (SSSR count). The molecular formula is C24H19N3O2S. The Morgan fingerprint density at radius 3 is 2.60 bits per heavy atom. The highest BCUT2D eigenvalue weighted by atomic mass is 32.1. The van der Waals surface area contributed by atoms with Crippen molar-refractivity contribution in [3.8, 4) is 33.2 Å². The molecule has 0 unspecified atom stereocenters. The van der Waals surface area contributed by atoms with Crippen LogP contribution in [-0.2, 0) is 6.42 Å². The fourth-order valence-corrected chi connectivity index (χ4v) is 4.49. The first-order chi connectivity index (χ1) is 14.7. The Morgan fingerprint density at radius 2 is 1.77 bits per heavy atom. The van der Waals surface area contributed by atoms with Crippen molar-refractivity contribution in [1.82, 2.24) is 14.6 Å². The summed E-state index contributed by atoms with van der Waals surface area (Å²) in [6.07, 6.45) is 3.98. The Bertz CT molecular complexity index is 1330. The Morgan fingerprint density at radius 1 is 0.967 bits per heavy atom. The van der Waals surface area contributed by atoms with E-state index in [4.69, 9.17) is 4.74 Å².